The van der Waals surface area contributed by atoms with Crippen molar-refractivity contribution < 1.29 is 9.32 Å². The zero-order valence-corrected chi connectivity index (χ0v) is 16.2. The van der Waals surface area contributed by atoms with Gasteiger partial charge in [-0.2, -0.15) is 10.2 Å². The summed E-state index contributed by atoms with van der Waals surface area (Å²) in [7, 11) is 0. The molecule has 9 heteroatoms. The first-order valence-electron chi connectivity index (χ1n) is 8.98. The molecule has 4 aromatic heterocycles. The Balaban J connectivity index is 1.43. The van der Waals surface area contributed by atoms with Crippen molar-refractivity contribution in [3.05, 3.63) is 53.9 Å². The maximum atomic E-state index is 12.1. The summed E-state index contributed by atoms with van der Waals surface area (Å²) >= 11 is 1.64. The number of rotatable bonds is 8. The molecule has 0 aliphatic heterocycles. The summed E-state index contributed by atoms with van der Waals surface area (Å²) in [6.07, 6.45) is 5.72. The van der Waals surface area contributed by atoms with Crippen LogP contribution in [0.3, 0.4) is 0 Å². The summed E-state index contributed by atoms with van der Waals surface area (Å²) in [6, 6.07) is 7.79. The molecular formula is C19H20N6O2S. The van der Waals surface area contributed by atoms with Gasteiger partial charge in [-0.3, -0.25) is 14.2 Å². The predicted octanol–water partition coefficient (Wildman–Crippen LogP) is 2.98. The zero-order chi connectivity index (χ0) is 19.3. The minimum absolute atomic E-state index is 0.00795. The van der Waals surface area contributed by atoms with Crippen molar-refractivity contribution in [2.75, 3.05) is 6.54 Å². The lowest BCUT2D eigenvalue weighted by molar-refractivity contribution is -0.121. The molecule has 0 aliphatic rings. The van der Waals surface area contributed by atoms with Gasteiger partial charge in [0.25, 0.3) is 0 Å². The van der Waals surface area contributed by atoms with E-state index >= 15 is 0 Å². The maximum Gasteiger partial charge on any atom is 0.221 e. The van der Waals surface area contributed by atoms with Gasteiger partial charge in [-0.15, -0.1) is 11.3 Å². The summed E-state index contributed by atoms with van der Waals surface area (Å²) in [4.78, 5) is 13.2. The molecule has 8 nitrogen and oxygen atoms in total. The quantitative estimate of drug-likeness (QED) is 0.494. The van der Waals surface area contributed by atoms with Gasteiger partial charge in [-0.1, -0.05) is 11.2 Å². The molecule has 1 amide bonds. The first-order valence-corrected chi connectivity index (χ1v) is 9.86. The van der Waals surface area contributed by atoms with Crippen LogP contribution in [0.1, 0.15) is 12.1 Å². The maximum absolute atomic E-state index is 12.1. The molecule has 144 valence electrons. The second kappa shape index (κ2) is 8.22. The average Bonchev–Trinajstić information content (AvgIpc) is 3.46. The number of nitrogens with zero attached hydrogens (tertiary/aromatic N) is 5. The van der Waals surface area contributed by atoms with Gasteiger partial charge >= 0.3 is 0 Å². The Hall–Kier alpha value is -3.20. The SMILES string of the molecule is Cc1cc(-c2cnn(CCNC(=O)CCn3cccn3)c2-c2cccs2)on1. The van der Waals surface area contributed by atoms with E-state index in [1.807, 2.05) is 47.4 Å². The van der Waals surface area contributed by atoms with Gasteiger partial charge in [-0.05, 0) is 24.4 Å². The van der Waals surface area contributed by atoms with E-state index in [4.69, 9.17) is 4.52 Å². The monoisotopic (exact) mass is 396 g/mol. The Kier molecular flexibility index (Phi) is 5.34. The van der Waals surface area contributed by atoms with Crippen LogP contribution in [0.25, 0.3) is 21.9 Å². The highest BCUT2D eigenvalue weighted by Crippen LogP contribution is 2.34. The molecule has 0 aliphatic carbocycles. The van der Waals surface area contributed by atoms with Crippen molar-refractivity contribution in [3.8, 4) is 21.9 Å². The van der Waals surface area contributed by atoms with E-state index in [9.17, 15) is 4.79 Å². The third kappa shape index (κ3) is 4.04. The number of aryl methyl sites for hydroxylation is 2. The van der Waals surface area contributed by atoms with Crippen LogP contribution in [0, 0.1) is 6.92 Å². The van der Waals surface area contributed by atoms with Crippen LogP contribution in [0.5, 0.6) is 0 Å². The van der Waals surface area contributed by atoms with E-state index in [0.717, 1.165) is 21.8 Å². The van der Waals surface area contributed by atoms with E-state index in [2.05, 4.69) is 20.7 Å². The number of hydrogen-bond donors (Lipinski definition) is 1. The Bertz CT molecular complexity index is 1030. The third-order valence-corrected chi connectivity index (χ3v) is 5.14. The van der Waals surface area contributed by atoms with Crippen molar-refractivity contribution in [3.63, 3.8) is 0 Å². The van der Waals surface area contributed by atoms with Crippen LogP contribution in [0.2, 0.25) is 0 Å². The van der Waals surface area contributed by atoms with Gasteiger partial charge in [-0.25, -0.2) is 0 Å². The molecule has 1 N–H and O–H groups in total. The highest BCUT2D eigenvalue weighted by molar-refractivity contribution is 7.13. The van der Waals surface area contributed by atoms with Gasteiger partial charge in [0.15, 0.2) is 5.76 Å². The first kappa shape index (κ1) is 18.2. The van der Waals surface area contributed by atoms with Crippen LogP contribution < -0.4 is 5.32 Å². The van der Waals surface area contributed by atoms with Crippen molar-refractivity contribution in [1.29, 1.82) is 0 Å². The molecule has 28 heavy (non-hydrogen) atoms. The highest BCUT2D eigenvalue weighted by atomic mass is 32.1. The molecule has 0 saturated heterocycles. The average molecular weight is 396 g/mol. The van der Waals surface area contributed by atoms with Gasteiger partial charge < -0.3 is 9.84 Å². The summed E-state index contributed by atoms with van der Waals surface area (Å²) in [5.41, 5.74) is 2.69. The van der Waals surface area contributed by atoms with Crippen LogP contribution >= 0.6 is 11.3 Å². The largest absolute Gasteiger partial charge is 0.356 e. The molecule has 4 aromatic rings. The molecule has 0 aromatic carbocycles. The number of carbonyl (C=O) groups excluding carboxylic acids is 1. The smallest absolute Gasteiger partial charge is 0.221 e. The topological polar surface area (TPSA) is 90.8 Å². The van der Waals surface area contributed by atoms with E-state index < -0.39 is 0 Å². The summed E-state index contributed by atoms with van der Waals surface area (Å²) in [5, 5.41) is 17.6. The fraction of sp³-hybridized carbons (Fsp3) is 0.263. The second-order valence-corrected chi connectivity index (χ2v) is 7.26. The van der Waals surface area contributed by atoms with E-state index in [0.29, 0.717) is 31.8 Å². The number of carbonyl (C=O) groups is 1. The molecule has 0 spiro atoms. The Morgan fingerprint density at radius 1 is 1.29 bits per heavy atom. The van der Waals surface area contributed by atoms with E-state index in [1.165, 1.54) is 0 Å². The summed E-state index contributed by atoms with van der Waals surface area (Å²) in [6.45, 7) is 3.51. The molecule has 0 unspecified atom stereocenters. The van der Waals surface area contributed by atoms with Crippen LogP contribution in [-0.4, -0.2) is 37.2 Å². The minimum Gasteiger partial charge on any atom is -0.356 e. The number of thiophene rings is 1. The summed E-state index contributed by atoms with van der Waals surface area (Å²) in [5.74, 6) is 0.682. The van der Waals surface area contributed by atoms with Gasteiger partial charge in [0.05, 0.1) is 34.6 Å². The van der Waals surface area contributed by atoms with Crippen molar-refractivity contribution >= 4 is 17.2 Å². The summed E-state index contributed by atoms with van der Waals surface area (Å²) < 4.78 is 9.08. The van der Waals surface area contributed by atoms with Gasteiger partial charge in [0.2, 0.25) is 5.91 Å². The number of amides is 1. The normalized spacial score (nSPS) is 11.0. The van der Waals surface area contributed by atoms with Crippen molar-refractivity contribution in [1.82, 2.24) is 30.0 Å². The Morgan fingerprint density at radius 3 is 2.93 bits per heavy atom. The van der Waals surface area contributed by atoms with E-state index in [-0.39, 0.29) is 5.91 Å². The number of aromatic nitrogens is 5. The highest BCUT2D eigenvalue weighted by Gasteiger charge is 2.18. The molecule has 0 bridgehead atoms. The van der Waals surface area contributed by atoms with Crippen LogP contribution in [-0.2, 0) is 17.9 Å². The number of hydrogen-bond acceptors (Lipinski definition) is 6. The van der Waals surface area contributed by atoms with Crippen LogP contribution in [0.15, 0.2) is 52.8 Å². The second-order valence-electron chi connectivity index (χ2n) is 6.31. The van der Waals surface area contributed by atoms with Crippen molar-refractivity contribution in [2.45, 2.75) is 26.4 Å². The molecular weight excluding hydrogens is 376 g/mol. The fourth-order valence-electron chi connectivity index (χ4n) is 2.94. The van der Waals surface area contributed by atoms with Gasteiger partial charge in [0, 0.05) is 38.0 Å². The molecule has 0 atom stereocenters. The van der Waals surface area contributed by atoms with Crippen molar-refractivity contribution in [2.24, 2.45) is 0 Å². The zero-order valence-electron chi connectivity index (χ0n) is 15.4. The lowest BCUT2D eigenvalue weighted by Gasteiger charge is -2.09. The molecule has 4 heterocycles. The molecule has 4 rings (SSSR count). The van der Waals surface area contributed by atoms with Gasteiger partial charge in [0.1, 0.15) is 0 Å². The predicted molar refractivity (Wildman–Crippen MR) is 106 cm³/mol. The Morgan fingerprint density at radius 2 is 2.21 bits per heavy atom. The van der Waals surface area contributed by atoms with Crippen LogP contribution in [0.4, 0.5) is 0 Å². The van der Waals surface area contributed by atoms with E-state index in [1.54, 1.807) is 28.4 Å². The molecule has 0 saturated carbocycles. The minimum atomic E-state index is -0.00795. The molecule has 0 radical (unpaired) electrons. The fourth-order valence-corrected chi connectivity index (χ4v) is 3.73. The molecule has 0 fully saturated rings. The Labute approximate surface area is 165 Å². The standard InChI is InChI=1S/C19H20N6O2S/c1-14-12-16(27-23-14)15-13-22-25(19(15)17-4-2-11-28-17)10-7-20-18(26)5-9-24-8-3-6-21-24/h2-4,6,8,11-13H,5,7,9-10H2,1H3,(H,20,26). The lowest BCUT2D eigenvalue weighted by atomic mass is 10.1. The number of nitrogens with one attached hydrogen (secondary N) is 1. The lowest BCUT2D eigenvalue weighted by Crippen LogP contribution is -2.28. The first-order chi connectivity index (χ1) is 13.7. The third-order valence-electron chi connectivity index (χ3n) is 4.26.